The number of rotatable bonds is 6. The minimum Gasteiger partial charge on any atom is -0.490 e. The van der Waals surface area contributed by atoms with E-state index in [4.69, 9.17) is 14.7 Å². The van der Waals surface area contributed by atoms with Crippen molar-refractivity contribution in [1.82, 2.24) is 20.2 Å². The smallest absolute Gasteiger partial charge is 0.350 e. The van der Waals surface area contributed by atoms with Gasteiger partial charge in [-0.05, 0) is 46.1 Å². The first kappa shape index (κ1) is 15.6. The van der Waals surface area contributed by atoms with Gasteiger partial charge < -0.3 is 9.47 Å². The zero-order valence-electron chi connectivity index (χ0n) is 12.3. The molecule has 24 heavy (non-hydrogen) atoms. The first-order chi connectivity index (χ1) is 11.8. The van der Waals surface area contributed by atoms with Crippen molar-refractivity contribution in [2.75, 3.05) is 13.2 Å². The summed E-state index contributed by atoms with van der Waals surface area (Å²) in [6, 6.07) is 10.5. The first-order valence-electron chi connectivity index (χ1n) is 6.89. The van der Waals surface area contributed by atoms with Gasteiger partial charge in [-0.3, -0.25) is 0 Å². The number of thiophene rings is 1. The monoisotopic (exact) mass is 341 g/mol. The Morgan fingerprint density at radius 3 is 2.79 bits per heavy atom. The molecule has 0 radical (unpaired) electrons. The fraction of sp³-hybridized carbons (Fsp3) is 0.133. The third kappa shape index (κ3) is 3.56. The summed E-state index contributed by atoms with van der Waals surface area (Å²) in [6.45, 7) is 0.314. The summed E-state index contributed by atoms with van der Waals surface area (Å²) in [5, 5.41) is 21.3. The Bertz CT molecular complexity index is 852. The van der Waals surface area contributed by atoms with Crippen molar-refractivity contribution >= 4 is 17.3 Å². The molecule has 0 aliphatic rings. The van der Waals surface area contributed by atoms with Crippen molar-refractivity contribution in [2.24, 2.45) is 0 Å². The van der Waals surface area contributed by atoms with Gasteiger partial charge in [0.2, 0.25) is 0 Å². The van der Waals surface area contributed by atoms with E-state index in [1.807, 2.05) is 6.07 Å². The Morgan fingerprint density at radius 2 is 2.08 bits per heavy atom. The minimum absolute atomic E-state index is 0.103. The van der Waals surface area contributed by atoms with Gasteiger partial charge in [-0.25, -0.2) is 4.79 Å². The van der Waals surface area contributed by atoms with Gasteiger partial charge in [0.05, 0.1) is 17.3 Å². The van der Waals surface area contributed by atoms with Crippen molar-refractivity contribution in [2.45, 2.75) is 0 Å². The SMILES string of the molecule is N#Cc1ccc(OCCOC(=O)c2sccc2-n2cnnn2)cc1. The molecule has 0 saturated carbocycles. The normalized spacial score (nSPS) is 10.1. The predicted octanol–water partition coefficient (Wildman–Crippen LogP) is 1.83. The highest BCUT2D eigenvalue weighted by molar-refractivity contribution is 7.12. The van der Waals surface area contributed by atoms with Crippen LogP contribution in [0, 0.1) is 11.3 Å². The van der Waals surface area contributed by atoms with Gasteiger partial charge in [0.25, 0.3) is 0 Å². The number of aromatic nitrogens is 4. The lowest BCUT2D eigenvalue weighted by molar-refractivity contribution is 0.0456. The number of ether oxygens (including phenoxy) is 2. The fourth-order valence-electron chi connectivity index (χ4n) is 1.89. The Kier molecular flexibility index (Phi) is 4.78. The van der Waals surface area contributed by atoms with Gasteiger partial charge in [0.15, 0.2) is 0 Å². The second-order valence-corrected chi connectivity index (χ2v) is 5.43. The molecule has 9 heteroatoms. The van der Waals surface area contributed by atoms with Crippen molar-refractivity contribution in [3.05, 3.63) is 52.5 Å². The Hall–Kier alpha value is -3.25. The lowest BCUT2D eigenvalue weighted by atomic mass is 10.2. The minimum atomic E-state index is -0.459. The summed E-state index contributed by atoms with van der Waals surface area (Å²) >= 11 is 1.25. The average molecular weight is 341 g/mol. The van der Waals surface area contributed by atoms with Gasteiger partial charge in [0.1, 0.15) is 30.2 Å². The summed E-state index contributed by atoms with van der Waals surface area (Å²) < 4.78 is 12.1. The van der Waals surface area contributed by atoms with Crippen molar-refractivity contribution in [1.29, 1.82) is 5.26 Å². The van der Waals surface area contributed by atoms with Crippen LogP contribution in [0.1, 0.15) is 15.2 Å². The molecule has 0 atom stereocenters. The first-order valence-corrected chi connectivity index (χ1v) is 7.77. The highest BCUT2D eigenvalue weighted by atomic mass is 32.1. The number of nitrogens with zero attached hydrogens (tertiary/aromatic N) is 5. The second kappa shape index (κ2) is 7.34. The molecule has 0 amide bonds. The van der Waals surface area contributed by atoms with E-state index in [1.165, 1.54) is 22.3 Å². The van der Waals surface area contributed by atoms with Crippen LogP contribution in [0.5, 0.6) is 5.75 Å². The number of tetrazole rings is 1. The molecule has 120 valence electrons. The summed E-state index contributed by atoms with van der Waals surface area (Å²) in [5.41, 5.74) is 1.13. The van der Waals surface area contributed by atoms with E-state index in [0.29, 0.717) is 21.9 Å². The molecule has 2 heterocycles. The highest BCUT2D eigenvalue weighted by Crippen LogP contribution is 2.21. The van der Waals surface area contributed by atoms with Crippen LogP contribution in [0.15, 0.2) is 42.0 Å². The van der Waals surface area contributed by atoms with E-state index in [2.05, 4.69) is 15.5 Å². The topological polar surface area (TPSA) is 103 Å². The van der Waals surface area contributed by atoms with Crippen LogP contribution in [0.4, 0.5) is 0 Å². The average Bonchev–Trinajstić information content (AvgIpc) is 3.29. The predicted molar refractivity (Wildman–Crippen MR) is 84.0 cm³/mol. The van der Waals surface area contributed by atoms with Crippen molar-refractivity contribution < 1.29 is 14.3 Å². The molecule has 1 aromatic carbocycles. The molecular weight excluding hydrogens is 330 g/mol. The van der Waals surface area contributed by atoms with Crippen molar-refractivity contribution in [3.63, 3.8) is 0 Å². The lowest BCUT2D eigenvalue weighted by Gasteiger charge is -2.07. The molecule has 3 aromatic rings. The molecule has 0 spiro atoms. The van der Waals surface area contributed by atoms with Gasteiger partial charge in [-0.15, -0.1) is 16.4 Å². The molecule has 0 aliphatic heterocycles. The number of hydrogen-bond donors (Lipinski definition) is 0. The molecule has 0 saturated heterocycles. The van der Waals surface area contributed by atoms with Crippen LogP contribution < -0.4 is 4.74 Å². The van der Waals surface area contributed by atoms with Crippen molar-refractivity contribution in [3.8, 4) is 17.5 Å². The number of hydrogen-bond acceptors (Lipinski definition) is 8. The fourth-order valence-corrected chi connectivity index (χ4v) is 2.66. The zero-order chi connectivity index (χ0) is 16.8. The molecule has 0 fully saturated rings. The van der Waals surface area contributed by atoms with Crippen LogP contribution in [0.3, 0.4) is 0 Å². The highest BCUT2D eigenvalue weighted by Gasteiger charge is 2.16. The standard InChI is InChI=1S/C15H11N5O3S/c16-9-11-1-3-12(4-2-11)22-6-7-23-15(21)14-13(5-8-24-14)20-10-17-18-19-20/h1-5,8,10H,6-7H2. The molecule has 2 aromatic heterocycles. The largest absolute Gasteiger partial charge is 0.490 e. The maximum atomic E-state index is 12.1. The quantitative estimate of drug-likeness (QED) is 0.498. The zero-order valence-corrected chi connectivity index (χ0v) is 13.1. The Morgan fingerprint density at radius 1 is 1.25 bits per heavy atom. The van der Waals surface area contributed by atoms with Crippen LogP contribution >= 0.6 is 11.3 Å². The Labute approximate surface area is 140 Å². The number of benzene rings is 1. The van der Waals surface area contributed by atoms with Gasteiger partial charge >= 0.3 is 5.97 Å². The molecule has 8 nitrogen and oxygen atoms in total. The van der Waals surface area contributed by atoms with Crippen LogP contribution in [-0.2, 0) is 4.74 Å². The van der Waals surface area contributed by atoms with E-state index in [0.717, 1.165) is 0 Å². The number of esters is 1. The number of nitriles is 1. The molecule has 0 N–H and O–H groups in total. The summed E-state index contributed by atoms with van der Waals surface area (Å²) in [7, 11) is 0. The maximum Gasteiger partial charge on any atom is 0.350 e. The van der Waals surface area contributed by atoms with E-state index in [1.54, 1.807) is 35.7 Å². The molecular formula is C15H11N5O3S. The van der Waals surface area contributed by atoms with Gasteiger partial charge in [0, 0.05) is 0 Å². The lowest BCUT2D eigenvalue weighted by Crippen LogP contribution is -2.13. The third-order valence-electron chi connectivity index (χ3n) is 2.99. The van der Waals surface area contributed by atoms with E-state index >= 15 is 0 Å². The maximum absolute atomic E-state index is 12.1. The summed E-state index contributed by atoms with van der Waals surface area (Å²) in [5.74, 6) is 0.148. The molecule has 0 aliphatic carbocycles. The third-order valence-corrected chi connectivity index (χ3v) is 3.88. The van der Waals surface area contributed by atoms with Gasteiger partial charge in [-0.1, -0.05) is 0 Å². The second-order valence-electron chi connectivity index (χ2n) is 4.51. The Balaban J connectivity index is 1.51. The summed E-state index contributed by atoms with van der Waals surface area (Å²) in [6.07, 6.45) is 1.41. The van der Waals surface area contributed by atoms with E-state index in [-0.39, 0.29) is 13.2 Å². The molecule has 3 rings (SSSR count). The number of carbonyl (C=O) groups is 1. The van der Waals surface area contributed by atoms with Crippen LogP contribution in [-0.4, -0.2) is 39.4 Å². The van der Waals surface area contributed by atoms with Crippen LogP contribution in [0.25, 0.3) is 5.69 Å². The number of carbonyl (C=O) groups excluding carboxylic acids is 1. The molecule has 0 bridgehead atoms. The van der Waals surface area contributed by atoms with Gasteiger partial charge in [-0.2, -0.15) is 9.94 Å². The van der Waals surface area contributed by atoms with Crippen LogP contribution in [0.2, 0.25) is 0 Å². The summed E-state index contributed by atoms with van der Waals surface area (Å²) in [4.78, 5) is 12.5. The molecule has 0 unspecified atom stereocenters. The van der Waals surface area contributed by atoms with E-state index in [9.17, 15) is 4.79 Å². The van der Waals surface area contributed by atoms with E-state index < -0.39 is 5.97 Å².